The van der Waals surface area contributed by atoms with Gasteiger partial charge in [0.2, 0.25) is 0 Å². The zero-order valence-corrected chi connectivity index (χ0v) is 5.69. The first-order valence-electron chi connectivity index (χ1n) is 3.86. The molecule has 2 rings (SSSR count). The van der Waals surface area contributed by atoms with Gasteiger partial charge in [-0.05, 0) is 31.7 Å². The van der Waals surface area contributed by atoms with Gasteiger partial charge in [-0.1, -0.05) is 11.6 Å². The second-order valence-corrected chi connectivity index (χ2v) is 3.02. The summed E-state index contributed by atoms with van der Waals surface area (Å²) < 4.78 is 0. The van der Waals surface area contributed by atoms with Crippen molar-refractivity contribution in [3.63, 3.8) is 0 Å². The van der Waals surface area contributed by atoms with Crippen molar-refractivity contribution in [3.05, 3.63) is 11.6 Å². The van der Waals surface area contributed by atoms with E-state index in [0.717, 1.165) is 5.92 Å². The van der Waals surface area contributed by atoms with Gasteiger partial charge in [-0.2, -0.15) is 0 Å². The molecule has 1 aliphatic carbocycles. The van der Waals surface area contributed by atoms with Crippen LogP contribution in [0.15, 0.2) is 11.6 Å². The highest BCUT2D eigenvalue weighted by atomic mass is 14.9. The molecule has 1 N–H and O–H groups in total. The summed E-state index contributed by atoms with van der Waals surface area (Å²) >= 11 is 0. The summed E-state index contributed by atoms with van der Waals surface area (Å²) in [4.78, 5) is 0. The summed E-state index contributed by atoms with van der Waals surface area (Å²) in [5.41, 5.74) is 1.68. The second-order valence-electron chi connectivity index (χ2n) is 3.02. The van der Waals surface area contributed by atoms with Gasteiger partial charge in [-0.15, -0.1) is 0 Å². The van der Waals surface area contributed by atoms with Crippen LogP contribution < -0.4 is 5.32 Å². The summed E-state index contributed by atoms with van der Waals surface area (Å²) in [6.45, 7) is 2.36. The summed E-state index contributed by atoms with van der Waals surface area (Å²) in [6.07, 6.45) is 6.58. The van der Waals surface area contributed by atoms with Gasteiger partial charge in [0.15, 0.2) is 0 Å². The molecule has 50 valence electrons. The average molecular weight is 123 g/mol. The minimum atomic E-state index is 0.984. The van der Waals surface area contributed by atoms with Gasteiger partial charge in [0.05, 0.1) is 0 Å². The third-order valence-corrected chi connectivity index (χ3v) is 2.16. The molecule has 0 amide bonds. The molecule has 0 radical (unpaired) electrons. The van der Waals surface area contributed by atoms with Crippen molar-refractivity contribution < 1.29 is 0 Å². The van der Waals surface area contributed by atoms with E-state index in [2.05, 4.69) is 11.4 Å². The van der Waals surface area contributed by atoms with Crippen LogP contribution in [0.2, 0.25) is 0 Å². The highest BCUT2D eigenvalue weighted by Gasteiger charge is 2.25. The smallest absolute Gasteiger partial charge is 0.0167 e. The van der Waals surface area contributed by atoms with E-state index < -0.39 is 0 Å². The Morgan fingerprint density at radius 3 is 2.89 bits per heavy atom. The molecule has 0 aromatic heterocycles. The fourth-order valence-electron chi connectivity index (χ4n) is 1.43. The van der Waals surface area contributed by atoms with Gasteiger partial charge in [-0.3, -0.25) is 0 Å². The fourth-order valence-corrected chi connectivity index (χ4v) is 1.43. The number of hydrogen-bond acceptors (Lipinski definition) is 1. The molecule has 9 heavy (non-hydrogen) atoms. The molecule has 0 atom stereocenters. The Bertz CT molecular complexity index is 134. The zero-order chi connectivity index (χ0) is 6.10. The molecule has 1 saturated carbocycles. The highest BCUT2D eigenvalue weighted by Crippen LogP contribution is 2.36. The van der Waals surface area contributed by atoms with Crippen molar-refractivity contribution in [3.8, 4) is 0 Å². The maximum Gasteiger partial charge on any atom is 0.0167 e. The molecule has 0 bridgehead atoms. The van der Waals surface area contributed by atoms with Crippen molar-refractivity contribution in [2.75, 3.05) is 13.1 Å². The molecule has 0 spiro atoms. The van der Waals surface area contributed by atoms with E-state index in [9.17, 15) is 0 Å². The van der Waals surface area contributed by atoms with Crippen LogP contribution in [0.1, 0.15) is 19.3 Å². The molecule has 1 fully saturated rings. The molecule has 0 saturated heterocycles. The predicted molar refractivity (Wildman–Crippen MR) is 38.3 cm³/mol. The molecular formula is C8H13N. The molecule has 1 heterocycles. The molecule has 1 nitrogen and oxygen atoms in total. The van der Waals surface area contributed by atoms with Gasteiger partial charge in [0.25, 0.3) is 0 Å². The van der Waals surface area contributed by atoms with Crippen molar-refractivity contribution in [1.29, 1.82) is 0 Å². The van der Waals surface area contributed by atoms with E-state index in [4.69, 9.17) is 0 Å². The maximum absolute atomic E-state index is 3.39. The van der Waals surface area contributed by atoms with E-state index in [1.165, 1.54) is 32.4 Å². The highest BCUT2D eigenvalue weighted by molar-refractivity contribution is 5.16. The van der Waals surface area contributed by atoms with Gasteiger partial charge in [0, 0.05) is 6.54 Å². The quantitative estimate of drug-likeness (QED) is 0.518. The molecule has 0 aromatic rings. The fraction of sp³-hybridized carbons (Fsp3) is 0.750. The van der Waals surface area contributed by atoms with Crippen LogP contribution in [0.4, 0.5) is 0 Å². The van der Waals surface area contributed by atoms with Crippen LogP contribution in [0.5, 0.6) is 0 Å². The van der Waals surface area contributed by atoms with Crippen LogP contribution >= 0.6 is 0 Å². The number of hydrogen-bond donors (Lipinski definition) is 1. The third-order valence-electron chi connectivity index (χ3n) is 2.16. The van der Waals surface area contributed by atoms with Gasteiger partial charge in [0.1, 0.15) is 0 Å². The third kappa shape index (κ3) is 1.16. The molecule has 0 aromatic carbocycles. The predicted octanol–water partition coefficient (Wildman–Crippen LogP) is 1.32. The Balaban J connectivity index is 1.99. The minimum absolute atomic E-state index is 0.984. The summed E-state index contributed by atoms with van der Waals surface area (Å²) in [6, 6.07) is 0. The van der Waals surface area contributed by atoms with Crippen molar-refractivity contribution >= 4 is 0 Å². The first-order chi connectivity index (χ1) is 4.47. The lowest BCUT2D eigenvalue weighted by atomic mass is 10.1. The topological polar surface area (TPSA) is 12.0 Å². The Labute approximate surface area is 56.1 Å². The van der Waals surface area contributed by atoms with Crippen LogP contribution in [-0.2, 0) is 0 Å². The van der Waals surface area contributed by atoms with Gasteiger partial charge in [-0.25, -0.2) is 0 Å². The lowest BCUT2D eigenvalue weighted by molar-refractivity contribution is 0.674. The summed E-state index contributed by atoms with van der Waals surface area (Å²) in [7, 11) is 0. The van der Waals surface area contributed by atoms with Gasteiger partial charge < -0.3 is 5.32 Å². The number of rotatable bonds is 1. The normalized spacial score (nSPS) is 27.8. The largest absolute Gasteiger partial charge is 0.313 e. The summed E-state index contributed by atoms with van der Waals surface area (Å²) in [5.74, 6) is 0.984. The molecular weight excluding hydrogens is 110 g/mol. The van der Waals surface area contributed by atoms with Crippen molar-refractivity contribution in [2.45, 2.75) is 19.3 Å². The second kappa shape index (κ2) is 2.14. The van der Waals surface area contributed by atoms with Crippen LogP contribution in [0.25, 0.3) is 0 Å². The standard InChI is InChI=1S/C8H13N/c1-2-8(6-9-5-1)7-3-4-7/h2,7,9H,1,3-6H2. The van der Waals surface area contributed by atoms with Crippen molar-refractivity contribution in [2.24, 2.45) is 5.92 Å². The Kier molecular flexibility index (Phi) is 1.31. The Morgan fingerprint density at radius 1 is 1.44 bits per heavy atom. The Hall–Kier alpha value is -0.300. The minimum Gasteiger partial charge on any atom is -0.313 e. The molecule has 1 aliphatic heterocycles. The molecule has 0 unspecified atom stereocenters. The van der Waals surface area contributed by atoms with E-state index in [0.29, 0.717) is 0 Å². The SMILES string of the molecule is C1=C(C2CC2)CNCC1. The van der Waals surface area contributed by atoms with E-state index in [1.54, 1.807) is 5.57 Å². The first-order valence-corrected chi connectivity index (χ1v) is 3.86. The first kappa shape index (κ1) is 5.48. The van der Waals surface area contributed by atoms with Gasteiger partial charge >= 0.3 is 0 Å². The lowest BCUT2D eigenvalue weighted by Crippen LogP contribution is -2.22. The maximum atomic E-state index is 3.39. The summed E-state index contributed by atoms with van der Waals surface area (Å²) in [5, 5.41) is 3.39. The van der Waals surface area contributed by atoms with Crippen molar-refractivity contribution in [1.82, 2.24) is 5.32 Å². The zero-order valence-electron chi connectivity index (χ0n) is 5.69. The van der Waals surface area contributed by atoms with Crippen LogP contribution in [0, 0.1) is 5.92 Å². The van der Waals surface area contributed by atoms with Crippen LogP contribution in [0.3, 0.4) is 0 Å². The lowest BCUT2D eigenvalue weighted by Gasteiger charge is -2.12. The van der Waals surface area contributed by atoms with Crippen LogP contribution in [-0.4, -0.2) is 13.1 Å². The monoisotopic (exact) mass is 123 g/mol. The van der Waals surface area contributed by atoms with E-state index in [1.807, 2.05) is 0 Å². The van der Waals surface area contributed by atoms with E-state index in [-0.39, 0.29) is 0 Å². The van der Waals surface area contributed by atoms with E-state index >= 15 is 0 Å². The Morgan fingerprint density at radius 2 is 2.33 bits per heavy atom. The molecule has 1 heteroatoms. The number of nitrogens with one attached hydrogen (secondary N) is 1. The average Bonchev–Trinajstić information content (AvgIpc) is 2.71. The molecule has 2 aliphatic rings.